The predicted molar refractivity (Wildman–Crippen MR) is 91.1 cm³/mol. The van der Waals surface area contributed by atoms with Gasteiger partial charge in [-0.05, 0) is 25.3 Å². The summed E-state index contributed by atoms with van der Waals surface area (Å²) >= 11 is 0. The van der Waals surface area contributed by atoms with E-state index in [4.69, 9.17) is 4.74 Å². The maximum atomic E-state index is 5.31. The molecule has 0 bridgehead atoms. The predicted octanol–water partition coefficient (Wildman–Crippen LogP) is 5.06. The van der Waals surface area contributed by atoms with Crippen LogP contribution in [-0.4, -0.2) is 16.6 Å². The first-order chi connectivity index (χ1) is 10.8. The minimum atomic E-state index is 0.579. The molecule has 1 aromatic carbocycles. The van der Waals surface area contributed by atoms with Crippen LogP contribution >= 0.6 is 0 Å². The summed E-state index contributed by atoms with van der Waals surface area (Å²) in [5.74, 6) is 0.579. The van der Waals surface area contributed by atoms with Crippen molar-refractivity contribution in [3.8, 4) is 17.1 Å². The molecule has 0 aliphatic carbocycles. The Balaban J connectivity index is 1.88. The van der Waals surface area contributed by atoms with Crippen LogP contribution in [0.25, 0.3) is 11.3 Å². The number of aromatic nitrogens is 2. The monoisotopic (exact) mass is 298 g/mol. The molecular weight excluding hydrogens is 272 g/mol. The second-order valence-electron chi connectivity index (χ2n) is 5.53. The van der Waals surface area contributed by atoms with E-state index in [1.807, 2.05) is 6.92 Å². The molecule has 1 heterocycles. The molecular formula is C19H26N2O. The van der Waals surface area contributed by atoms with Crippen LogP contribution in [0.15, 0.2) is 36.7 Å². The average Bonchev–Trinajstić information content (AvgIpc) is 2.56. The van der Waals surface area contributed by atoms with Crippen LogP contribution in [0.3, 0.4) is 0 Å². The topological polar surface area (TPSA) is 35.0 Å². The highest BCUT2D eigenvalue weighted by Gasteiger charge is 2.02. The van der Waals surface area contributed by atoms with Crippen LogP contribution in [0.1, 0.15) is 51.5 Å². The van der Waals surface area contributed by atoms with Gasteiger partial charge in [0.05, 0.1) is 24.7 Å². The quantitative estimate of drug-likeness (QED) is 0.607. The van der Waals surface area contributed by atoms with Crippen molar-refractivity contribution in [1.29, 1.82) is 0 Å². The lowest BCUT2D eigenvalue weighted by atomic mass is 10.0. The Hall–Kier alpha value is -1.90. The number of hydrogen-bond acceptors (Lipinski definition) is 3. The van der Waals surface area contributed by atoms with Crippen molar-refractivity contribution in [2.24, 2.45) is 0 Å². The molecule has 0 spiro atoms. The first-order valence-electron chi connectivity index (χ1n) is 8.37. The van der Waals surface area contributed by atoms with Gasteiger partial charge in [0.15, 0.2) is 0 Å². The molecule has 0 unspecified atom stereocenters. The number of rotatable bonds is 9. The molecule has 2 aromatic rings. The van der Waals surface area contributed by atoms with Gasteiger partial charge in [-0.2, -0.15) is 0 Å². The number of aryl methyl sites for hydroxylation is 1. The molecule has 0 aliphatic heterocycles. The Morgan fingerprint density at radius 1 is 0.864 bits per heavy atom. The second-order valence-corrected chi connectivity index (χ2v) is 5.53. The largest absolute Gasteiger partial charge is 0.477 e. The van der Waals surface area contributed by atoms with Gasteiger partial charge >= 0.3 is 0 Å². The van der Waals surface area contributed by atoms with Gasteiger partial charge in [-0.3, -0.25) is 0 Å². The maximum absolute atomic E-state index is 5.31. The molecule has 0 amide bonds. The Bertz CT molecular complexity index is 534. The highest BCUT2D eigenvalue weighted by atomic mass is 16.5. The zero-order valence-electron chi connectivity index (χ0n) is 13.7. The number of hydrogen-bond donors (Lipinski definition) is 0. The third kappa shape index (κ3) is 5.14. The first-order valence-corrected chi connectivity index (χ1v) is 8.37. The third-order valence-corrected chi connectivity index (χ3v) is 3.74. The molecule has 118 valence electrons. The van der Waals surface area contributed by atoms with E-state index >= 15 is 0 Å². The minimum absolute atomic E-state index is 0.579. The van der Waals surface area contributed by atoms with Crippen molar-refractivity contribution < 1.29 is 4.74 Å². The normalized spacial score (nSPS) is 10.6. The highest BCUT2D eigenvalue weighted by molar-refractivity contribution is 5.58. The molecule has 0 fully saturated rings. The fourth-order valence-electron chi connectivity index (χ4n) is 2.46. The fraction of sp³-hybridized carbons (Fsp3) is 0.474. The number of benzene rings is 1. The van der Waals surface area contributed by atoms with Gasteiger partial charge in [0, 0.05) is 5.56 Å². The molecule has 0 saturated heterocycles. The van der Waals surface area contributed by atoms with Crippen LogP contribution in [0.4, 0.5) is 0 Å². The molecule has 3 nitrogen and oxygen atoms in total. The van der Waals surface area contributed by atoms with Gasteiger partial charge in [0.25, 0.3) is 0 Å². The van der Waals surface area contributed by atoms with Crippen LogP contribution in [-0.2, 0) is 6.42 Å². The summed E-state index contributed by atoms with van der Waals surface area (Å²) in [6, 6.07) is 8.66. The van der Waals surface area contributed by atoms with E-state index in [0.717, 1.165) is 11.3 Å². The van der Waals surface area contributed by atoms with Gasteiger partial charge in [-0.1, -0.05) is 56.9 Å². The summed E-state index contributed by atoms with van der Waals surface area (Å²) in [5.41, 5.74) is 3.39. The number of nitrogens with zero attached hydrogens (tertiary/aromatic N) is 2. The van der Waals surface area contributed by atoms with Gasteiger partial charge in [-0.15, -0.1) is 0 Å². The smallest absolute Gasteiger partial charge is 0.232 e. The summed E-state index contributed by atoms with van der Waals surface area (Å²) < 4.78 is 5.31. The Labute approximate surface area is 133 Å². The van der Waals surface area contributed by atoms with Crippen LogP contribution in [0.2, 0.25) is 0 Å². The van der Waals surface area contributed by atoms with E-state index in [1.165, 1.54) is 44.1 Å². The lowest BCUT2D eigenvalue weighted by molar-refractivity contribution is 0.325. The van der Waals surface area contributed by atoms with Gasteiger partial charge < -0.3 is 4.74 Å². The van der Waals surface area contributed by atoms with E-state index in [0.29, 0.717) is 12.5 Å². The lowest BCUT2D eigenvalue weighted by Crippen LogP contribution is -1.95. The van der Waals surface area contributed by atoms with Crippen molar-refractivity contribution >= 4 is 0 Å². The average molecular weight is 298 g/mol. The zero-order valence-corrected chi connectivity index (χ0v) is 13.7. The molecule has 3 heteroatoms. The molecule has 1 aromatic heterocycles. The van der Waals surface area contributed by atoms with Gasteiger partial charge in [-0.25, -0.2) is 9.97 Å². The minimum Gasteiger partial charge on any atom is -0.477 e. The van der Waals surface area contributed by atoms with Crippen molar-refractivity contribution in [3.05, 3.63) is 42.2 Å². The first kappa shape index (κ1) is 16.5. The SMILES string of the molecule is CCCCCCCc1ccc(-c2cnc(OCC)cn2)cc1. The van der Waals surface area contributed by atoms with Crippen molar-refractivity contribution in [2.45, 2.75) is 52.4 Å². The second kappa shape index (κ2) is 9.19. The Kier molecular flexibility index (Phi) is 6.88. The highest BCUT2D eigenvalue weighted by Crippen LogP contribution is 2.19. The lowest BCUT2D eigenvalue weighted by Gasteiger charge is -2.05. The third-order valence-electron chi connectivity index (χ3n) is 3.74. The van der Waals surface area contributed by atoms with E-state index in [1.54, 1.807) is 12.4 Å². The van der Waals surface area contributed by atoms with E-state index in [9.17, 15) is 0 Å². The van der Waals surface area contributed by atoms with Crippen molar-refractivity contribution in [2.75, 3.05) is 6.61 Å². The molecule has 0 N–H and O–H groups in total. The molecule has 22 heavy (non-hydrogen) atoms. The molecule has 0 aliphatic rings. The van der Waals surface area contributed by atoms with E-state index in [2.05, 4.69) is 41.2 Å². The van der Waals surface area contributed by atoms with Crippen LogP contribution < -0.4 is 4.74 Å². The van der Waals surface area contributed by atoms with Gasteiger partial charge in [0.2, 0.25) is 5.88 Å². The summed E-state index contributed by atoms with van der Waals surface area (Å²) in [4.78, 5) is 8.67. The summed E-state index contributed by atoms with van der Waals surface area (Å²) in [5, 5.41) is 0. The van der Waals surface area contributed by atoms with Crippen molar-refractivity contribution in [1.82, 2.24) is 9.97 Å². The standard InChI is InChI=1S/C19H26N2O/c1-3-5-6-7-8-9-16-10-12-17(13-11-16)18-14-21-19(15-20-18)22-4-2/h10-15H,3-9H2,1-2H3. The van der Waals surface area contributed by atoms with Crippen LogP contribution in [0.5, 0.6) is 5.88 Å². The van der Waals surface area contributed by atoms with Crippen LogP contribution in [0, 0.1) is 0 Å². The zero-order chi connectivity index (χ0) is 15.6. The summed E-state index contributed by atoms with van der Waals surface area (Å²) in [7, 11) is 0. The Morgan fingerprint density at radius 2 is 1.64 bits per heavy atom. The molecule has 0 atom stereocenters. The number of ether oxygens (including phenoxy) is 1. The van der Waals surface area contributed by atoms with Gasteiger partial charge in [0.1, 0.15) is 0 Å². The fourth-order valence-corrected chi connectivity index (χ4v) is 2.46. The number of unbranched alkanes of at least 4 members (excludes halogenated alkanes) is 4. The summed E-state index contributed by atoms with van der Waals surface area (Å²) in [6.07, 6.45) is 11.2. The summed E-state index contributed by atoms with van der Waals surface area (Å²) in [6.45, 7) is 4.81. The maximum Gasteiger partial charge on any atom is 0.232 e. The van der Waals surface area contributed by atoms with E-state index < -0.39 is 0 Å². The molecule has 0 radical (unpaired) electrons. The van der Waals surface area contributed by atoms with E-state index in [-0.39, 0.29) is 0 Å². The van der Waals surface area contributed by atoms with Crippen molar-refractivity contribution in [3.63, 3.8) is 0 Å². The molecule has 0 saturated carbocycles. The molecule has 2 rings (SSSR count). The Morgan fingerprint density at radius 3 is 2.27 bits per heavy atom.